The number of carbonyl (C=O) groups is 2. The number of hydrogen-bond donors (Lipinski definition) is 1. The molecule has 4 nitrogen and oxygen atoms in total. The first-order valence-electron chi connectivity index (χ1n) is 7.96. The van der Waals surface area contributed by atoms with Gasteiger partial charge in [0.05, 0.1) is 12.6 Å². The van der Waals surface area contributed by atoms with E-state index >= 15 is 0 Å². The van der Waals surface area contributed by atoms with Crippen LogP contribution in [0.5, 0.6) is 0 Å². The van der Waals surface area contributed by atoms with Crippen LogP contribution < -0.4 is 5.32 Å². The first kappa shape index (κ1) is 17.2. The second kappa shape index (κ2) is 8.40. The molecule has 1 unspecified atom stereocenters. The fourth-order valence-electron chi connectivity index (χ4n) is 3.00. The fraction of sp³-hybridized carbons (Fsp3) is 0.875. The molecule has 1 aliphatic heterocycles. The van der Waals surface area contributed by atoms with E-state index in [1.54, 1.807) is 6.92 Å². The van der Waals surface area contributed by atoms with Gasteiger partial charge in [-0.3, -0.25) is 14.5 Å². The monoisotopic (exact) mass is 282 g/mol. The molecule has 116 valence electrons. The van der Waals surface area contributed by atoms with Gasteiger partial charge in [0.25, 0.3) is 0 Å². The summed E-state index contributed by atoms with van der Waals surface area (Å²) in [5.74, 6) is 0.995. The molecule has 1 N–H and O–H groups in total. The Kier molecular flexibility index (Phi) is 7.20. The van der Waals surface area contributed by atoms with Gasteiger partial charge in [-0.1, -0.05) is 33.6 Å². The van der Waals surface area contributed by atoms with Crippen molar-refractivity contribution in [1.82, 2.24) is 10.2 Å². The highest BCUT2D eigenvalue weighted by Gasteiger charge is 2.24. The van der Waals surface area contributed by atoms with E-state index in [-0.39, 0.29) is 23.7 Å². The maximum Gasteiger partial charge on any atom is 0.234 e. The number of likely N-dealkylation sites (tertiary alicyclic amines) is 1. The number of rotatable bonds is 7. The van der Waals surface area contributed by atoms with Gasteiger partial charge in [0.2, 0.25) is 5.91 Å². The Hall–Kier alpha value is -0.900. The van der Waals surface area contributed by atoms with Crippen molar-refractivity contribution >= 4 is 11.7 Å². The Morgan fingerprint density at radius 3 is 2.30 bits per heavy atom. The van der Waals surface area contributed by atoms with E-state index < -0.39 is 0 Å². The van der Waals surface area contributed by atoms with Crippen molar-refractivity contribution in [3.63, 3.8) is 0 Å². The van der Waals surface area contributed by atoms with Gasteiger partial charge in [0.15, 0.2) is 5.78 Å². The molecule has 20 heavy (non-hydrogen) atoms. The Morgan fingerprint density at radius 1 is 1.25 bits per heavy atom. The quantitative estimate of drug-likeness (QED) is 0.779. The summed E-state index contributed by atoms with van der Waals surface area (Å²) in [6, 6.07) is -0.347. The summed E-state index contributed by atoms with van der Waals surface area (Å²) >= 11 is 0. The summed E-state index contributed by atoms with van der Waals surface area (Å²) in [5.41, 5.74) is 0. The van der Waals surface area contributed by atoms with E-state index in [0.717, 1.165) is 19.0 Å². The molecule has 0 aromatic rings. The van der Waals surface area contributed by atoms with Crippen molar-refractivity contribution < 1.29 is 9.59 Å². The molecule has 0 spiro atoms. The third kappa shape index (κ3) is 5.61. The van der Waals surface area contributed by atoms with Crippen LogP contribution >= 0.6 is 0 Å². The van der Waals surface area contributed by atoms with Crippen molar-refractivity contribution in [3.05, 3.63) is 0 Å². The molecule has 1 aliphatic rings. The third-order valence-corrected chi connectivity index (χ3v) is 4.19. The highest BCUT2D eigenvalue weighted by molar-refractivity contribution is 5.88. The lowest BCUT2D eigenvalue weighted by atomic mass is 9.92. The second-order valence-electron chi connectivity index (χ2n) is 6.41. The summed E-state index contributed by atoms with van der Waals surface area (Å²) in [5, 5.41) is 2.87. The number of nitrogens with one attached hydrogen (secondary N) is 1. The first-order chi connectivity index (χ1) is 9.43. The van der Waals surface area contributed by atoms with Crippen LogP contribution in [0.2, 0.25) is 0 Å². The number of ketones is 1. The van der Waals surface area contributed by atoms with Crippen LogP contribution in [0.3, 0.4) is 0 Å². The Balaban J connectivity index is 2.34. The van der Waals surface area contributed by atoms with E-state index in [0.29, 0.717) is 6.54 Å². The molecule has 0 aliphatic carbocycles. The number of piperidine rings is 1. The number of Topliss-reactive ketones (excluding diaryl/α,β-unsaturated/α-hetero) is 1. The van der Waals surface area contributed by atoms with Gasteiger partial charge >= 0.3 is 0 Å². The van der Waals surface area contributed by atoms with E-state index in [2.05, 4.69) is 17.1 Å². The Morgan fingerprint density at radius 2 is 1.85 bits per heavy atom. The molecule has 1 amide bonds. The summed E-state index contributed by atoms with van der Waals surface area (Å²) in [7, 11) is 0. The molecule has 0 saturated carbocycles. The van der Waals surface area contributed by atoms with Crippen LogP contribution in [0.15, 0.2) is 0 Å². The highest BCUT2D eigenvalue weighted by Crippen LogP contribution is 2.21. The lowest BCUT2D eigenvalue weighted by molar-refractivity contribution is -0.128. The van der Waals surface area contributed by atoms with Gasteiger partial charge in [-0.15, -0.1) is 0 Å². The van der Waals surface area contributed by atoms with Crippen molar-refractivity contribution in [2.24, 2.45) is 11.8 Å². The van der Waals surface area contributed by atoms with Crippen molar-refractivity contribution in [1.29, 1.82) is 0 Å². The van der Waals surface area contributed by atoms with Gasteiger partial charge in [-0.05, 0) is 44.7 Å². The predicted octanol–water partition coefficient (Wildman–Crippen LogP) is 2.23. The van der Waals surface area contributed by atoms with Crippen molar-refractivity contribution in [3.8, 4) is 0 Å². The zero-order valence-electron chi connectivity index (χ0n) is 13.4. The fourth-order valence-corrected chi connectivity index (χ4v) is 3.00. The largest absolute Gasteiger partial charge is 0.345 e. The van der Waals surface area contributed by atoms with Crippen LogP contribution in [-0.4, -0.2) is 42.3 Å². The summed E-state index contributed by atoms with van der Waals surface area (Å²) in [6.07, 6.45) is 4.95. The van der Waals surface area contributed by atoms with Crippen molar-refractivity contribution in [2.45, 2.75) is 59.4 Å². The molecule has 1 atom stereocenters. The highest BCUT2D eigenvalue weighted by atomic mass is 16.2. The summed E-state index contributed by atoms with van der Waals surface area (Å²) in [4.78, 5) is 25.7. The Labute approximate surface area is 123 Å². The molecule has 0 bridgehead atoms. The van der Waals surface area contributed by atoms with Gasteiger partial charge in [-0.2, -0.15) is 0 Å². The zero-order chi connectivity index (χ0) is 15.1. The van der Waals surface area contributed by atoms with E-state index in [1.165, 1.54) is 25.7 Å². The summed E-state index contributed by atoms with van der Waals surface area (Å²) in [6.45, 7) is 10.1. The van der Waals surface area contributed by atoms with Crippen LogP contribution in [0, 0.1) is 11.8 Å². The Bertz CT molecular complexity index is 320. The molecule has 1 heterocycles. The molecular weight excluding hydrogens is 252 g/mol. The molecule has 0 radical (unpaired) electrons. The minimum absolute atomic E-state index is 0.0205. The van der Waals surface area contributed by atoms with Crippen LogP contribution in [0.25, 0.3) is 0 Å². The second-order valence-corrected chi connectivity index (χ2v) is 6.41. The van der Waals surface area contributed by atoms with Gasteiger partial charge in [0, 0.05) is 0 Å². The number of amides is 1. The van der Waals surface area contributed by atoms with Gasteiger partial charge in [-0.25, -0.2) is 0 Å². The van der Waals surface area contributed by atoms with Crippen LogP contribution in [-0.2, 0) is 9.59 Å². The predicted molar refractivity (Wildman–Crippen MR) is 81.5 cm³/mol. The minimum Gasteiger partial charge on any atom is -0.345 e. The summed E-state index contributed by atoms with van der Waals surface area (Å²) < 4.78 is 0. The average Bonchev–Trinajstić information content (AvgIpc) is 2.38. The molecule has 4 heteroatoms. The lowest BCUT2D eigenvalue weighted by Gasteiger charge is -2.31. The van der Waals surface area contributed by atoms with Crippen LogP contribution in [0.1, 0.15) is 53.4 Å². The maximum absolute atomic E-state index is 12.0. The van der Waals surface area contributed by atoms with Gasteiger partial charge < -0.3 is 5.32 Å². The first-order valence-corrected chi connectivity index (χ1v) is 7.96. The molecular formula is C16H30N2O2. The van der Waals surface area contributed by atoms with E-state index in [4.69, 9.17) is 0 Å². The molecule has 1 saturated heterocycles. The van der Waals surface area contributed by atoms with E-state index in [1.807, 2.05) is 13.8 Å². The lowest BCUT2D eigenvalue weighted by Crippen LogP contribution is -2.48. The molecule has 1 rings (SSSR count). The zero-order valence-corrected chi connectivity index (χ0v) is 13.4. The minimum atomic E-state index is -0.347. The van der Waals surface area contributed by atoms with E-state index in [9.17, 15) is 9.59 Å². The maximum atomic E-state index is 12.0. The smallest absolute Gasteiger partial charge is 0.234 e. The molecule has 0 aromatic heterocycles. The van der Waals surface area contributed by atoms with Crippen molar-refractivity contribution in [2.75, 3.05) is 19.6 Å². The normalized spacial score (nSPS) is 19.1. The number of carbonyl (C=O) groups excluding carboxylic acids is 2. The third-order valence-electron chi connectivity index (χ3n) is 4.19. The number of hydrogen-bond acceptors (Lipinski definition) is 3. The SMILES string of the molecule is CCCC1CCN(CC(=O)NC(C(C)=O)C(C)C)CC1. The van der Waals surface area contributed by atoms with Gasteiger partial charge in [0.1, 0.15) is 0 Å². The molecule has 1 fully saturated rings. The molecule has 0 aromatic carbocycles. The standard InChI is InChI=1S/C16H30N2O2/c1-5-6-14-7-9-18(10-8-14)11-15(20)17-16(12(2)3)13(4)19/h12,14,16H,5-11H2,1-4H3,(H,17,20). The number of nitrogens with zero attached hydrogens (tertiary/aromatic N) is 1. The average molecular weight is 282 g/mol. The van der Waals surface area contributed by atoms with Crippen LogP contribution in [0.4, 0.5) is 0 Å². The topological polar surface area (TPSA) is 49.4 Å².